The van der Waals surface area contributed by atoms with Gasteiger partial charge >= 0.3 is 0 Å². The quantitative estimate of drug-likeness (QED) is 0.506. The number of fused-ring (bicyclic) bond motifs is 3. The number of anilines is 1. The van der Waals surface area contributed by atoms with Crippen LogP contribution in [-0.2, 0) is 0 Å². The van der Waals surface area contributed by atoms with E-state index in [1.54, 1.807) is 14.2 Å². The first-order valence-electron chi connectivity index (χ1n) is 8.16. The van der Waals surface area contributed by atoms with Crippen LogP contribution in [0.15, 0.2) is 65.8 Å². The molecule has 0 heterocycles. The number of halogens is 1. The highest BCUT2D eigenvalue weighted by Gasteiger charge is 2.26. The normalized spacial score (nSPS) is 11.6. The Morgan fingerprint density at radius 3 is 1.92 bits per heavy atom. The standard InChI is InChI=1S/C21H17ClN2O2/c1-25-15-6-8-17-18-9-7-16(26-2)12-20(18)21(19(17)11-15)24-23-14-5-3-4-13(22)10-14/h3-12,23H,1-2H3. The van der Waals surface area contributed by atoms with Gasteiger partial charge in [-0.05, 0) is 65.7 Å². The maximum Gasteiger partial charge on any atom is 0.119 e. The molecule has 0 saturated carbocycles. The molecule has 4 rings (SSSR count). The molecule has 0 amide bonds. The van der Waals surface area contributed by atoms with Crippen LogP contribution in [0.4, 0.5) is 5.69 Å². The molecule has 3 aromatic carbocycles. The molecule has 0 atom stereocenters. The van der Waals surface area contributed by atoms with E-state index in [9.17, 15) is 0 Å². The van der Waals surface area contributed by atoms with E-state index in [0.717, 1.165) is 45.2 Å². The highest BCUT2D eigenvalue weighted by atomic mass is 35.5. The summed E-state index contributed by atoms with van der Waals surface area (Å²) in [5, 5.41) is 5.32. The maximum absolute atomic E-state index is 6.06. The largest absolute Gasteiger partial charge is 0.497 e. The van der Waals surface area contributed by atoms with E-state index in [1.807, 2.05) is 48.5 Å². The van der Waals surface area contributed by atoms with Crippen molar-refractivity contribution in [2.24, 2.45) is 5.10 Å². The van der Waals surface area contributed by atoms with Gasteiger partial charge in [-0.2, -0.15) is 5.10 Å². The van der Waals surface area contributed by atoms with Crippen LogP contribution < -0.4 is 14.9 Å². The van der Waals surface area contributed by atoms with Gasteiger partial charge in [0.05, 0.1) is 25.6 Å². The van der Waals surface area contributed by atoms with Crippen molar-refractivity contribution < 1.29 is 9.47 Å². The van der Waals surface area contributed by atoms with Gasteiger partial charge in [-0.25, -0.2) is 0 Å². The van der Waals surface area contributed by atoms with Crippen LogP contribution in [0.5, 0.6) is 11.5 Å². The van der Waals surface area contributed by atoms with E-state index >= 15 is 0 Å². The number of hydrogen-bond acceptors (Lipinski definition) is 4. The van der Waals surface area contributed by atoms with E-state index in [-0.39, 0.29) is 0 Å². The minimum atomic E-state index is 0.658. The lowest BCUT2D eigenvalue weighted by molar-refractivity contribution is 0.414. The predicted molar refractivity (Wildman–Crippen MR) is 106 cm³/mol. The molecule has 0 aliphatic heterocycles. The van der Waals surface area contributed by atoms with Gasteiger partial charge in [0, 0.05) is 16.1 Å². The molecule has 3 aromatic rings. The summed E-state index contributed by atoms with van der Waals surface area (Å²) in [5.41, 5.74) is 9.04. The molecule has 1 N–H and O–H groups in total. The molecule has 5 heteroatoms. The molecular weight excluding hydrogens is 348 g/mol. The zero-order chi connectivity index (χ0) is 18.1. The molecule has 4 nitrogen and oxygen atoms in total. The lowest BCUT2D eigenvalue weighted by Crippen LogP contribution is -2.03. The molecule has 0 spiro atoms. The van der Waals surface area contributed by atoms with Gasteiger partial charge in [-0.3, -0.25) is 5.43 Å². The Kier molecular flexibility index (Phi) is 4.27. The van der Waals surface area contributed by atoms with Crippen molar-refractivity contribution in [3.63, 3.8) is 0 Å². The van der Waals surface area contributed by atoms with Crippen LogP contribution >= 0.6 is 11.6 Å². The molecule has 0 radical (unpaired) electrons. The summed E-state index contributed by atoms with van der Waals surface area (Å²) in [6, 6.07) is 19.5. The average molecular weight is 365 g/mol. The number of nitrogens with zero attached hydrogens (tertiary/aromatic N) is 1. The van der Waals surface area contributed by atoms with Gasteiger partial charge in [0.25, 0.3) is 0 Å². The van der Waals surface area contributed by atoms with Crippen molar-refractivity contribution in [2.45, 2.75) is 0 Å². The second-order valence-corrected chi connectivity index (χ2v) is 6.34. The molecule has 0 fully saturated rings. The van der Waals surface area contributed by atoms with Gasteiger partial charge in [0.15, 0.2) is 0 Å². The molecule has 0 aromatic heterocycles. The second kappa shape index (κ2) is 6.73. The monoisotopic (exact) mass is 364 g/mol. The topological polar surface area (TPSA) is 42.8 Å². The minimum Gasteiger partial charge on any atom is -0.497 e. The third-order valence-corrected chi connectivity index (χ3v) is 4.61. The van der Waals surface area contributed by atoms with Crippen molar-refractivity contribution in [3.05, 3.63) is 76.8 Å². The third kappa shape index (κ3) is 2.89. The van der Waals surface area contributed by atoms with Gasteiger partial charge in [0.2, 0.25) is 0 Å². The number of hydrazone groups is 1. The van der Waals surface area contributed by atoms with Gasteiger partial charge in [-0.15, -0.1) is 0 Å². The molecule has 130 valence electrons. The molecule has 1 aliphatic carbocycles. The maximum atomic E-state index is 6.06. The highest BCUT2D eigenvalue weighted by molar-refractivity contribution is 6.30. The molecular formula is C21H17ClN2O2. The highest BCUT2D eigenvalue weighted by Crippen LogP contribution is 2.40. The number of benzene rings is 3. The Bertz CT molecular complexity index is 959. The van der Waals surface area contributed by atoms with E-state index in [2.05, 4.69) is 22.7 Å². The summed E-state index contributed by atoms with van der Waals surface area (Å²) in [7, 11) is 3.32. The number of ether oxygens (including phenoxy) is 2. The lowest BCUT2D eigenvalue weighted by Gasteiger charge is -2.07. The van der Waals surface area contributed by atoms with Gasteiger partial charge in [0.1, 0.15) is 11.5 Å². The first kappa shape index (κ1) is 16.5. The molecule has 0 unspecified atom stereocenters. The summed E-state index contributed by atoms with van der Waals surface area (Å²) < 4.78 is 10.8. The Labute approximate surface area is 157 Å². The Morgan fingerprint density at radius 2 is 1.38 bits per heavy atom. The molecule has 0 bridgehead atoms. The Morgan fingerprint density at radius 1 is 0.769 bits per heavy atom. The van der Waals surface area contributed by atoms with Crippen LogP contribution in [-0.4, -0.2) is 19.9 Å². The zero-order valence-corrected chi connectivity index (χ0v) is 15.2. The molecule has 26 heavy (non-hydrogen) atoms. The van der Waals surface area contributed by atoms with Gasteiger partial charge in [-0.1, -0.05) is 17.7 Å². The fraction of sp³-hybridized carbons (Fsp3) is 0.0952. The number of nitrogens with one attached hydrogen (secondary N) is 1. The van der Waals surface area contributed by atoms with Crippen molar-refractivity contribution in [1.29, 1.82) is 0 Å². The predicted octanol–water partition coefficient (Wildman–Crippen LogP) is 5.20. The molecule has 0 saturated heterocycles. The van der Waals surface area contributed by atoms with Crippen LogP contribution in [0.1, 0.15) is 11.1 Å². The smallest absolute Gasteiger partial charge is 0.119 e. The van der Waals surface area contributed by atoms with Crippen LogP contribution in [0.2, 0.25) is 5.02 Å². The number of methoxy groups -OCH3 is 2. The van der Waals surface area contributed by atoms with Crippen molar-refractivity contribution in [3.8, 4) is 22.6 Å². The fourth-order valence-electron chi connectivity index (χ4n) is 3.11. The molecule has 1 aliphatic rings. The van der Waals surface area contributed by atoms with Crippen molar-refractivity contribution >= 4 is 23.0 Å². The van der Waals surface area contributed by atoms with E-state index in [4.69, 9.17) is 21.1 Å². The van der Waals surface area contributed by atoms with E-state index in [1.165, 1.54) is 0 Å². The Balaban J connectivity index is 1.83. The number of hydrogen-bond donors (Lipinski definition) is 1. The third-order valence-electron chi connectivity index (χ3n) is 4.38. The van der Waals surface area contributed by atoms with Crippen LogP contribution in [0.3, 0.4) is 0 Å². The van der Waals surface area contributed by atoms with Crippen LogP contribution in [0.25, 0.3) is 11.1 Å². The Hall–Kier alpha value is -2.98. The summed E-state index contributed by atoms with van der Waals surface area (Å²) >= 11 is 6.06. The minimum absolute atomic E-state index is 0.658. The van der Waals surface area contributed by atoms with Crippen LogP contribution in [0, 0.1) is 0 Å². The first-order valence-corrected chi connectivity index (χ1v) is 8.54. The van der Waals surface area contributed by atoms with Crippen molar-refractivity contribution in [1.82, 2.24) is 0 Å². The zero-order valence-electron chi connectivity index (χ0n) is 14.4. The van der Waals surface area contributed by atoms with Gasteiger partial charge < -0.3 is 9.47 Å². The number of rotatable bonds is 4. The van der Waals surface area contributed by atoms with E-state index < -0.39 is 0 Å². The first-order chi connectivity index (χ1) is 12.7. The van der Waals surface area contributed by atoms with Crippen molar-refractivity contribution in [2.75, 3.05) is 19.6 Å². The fourth-order valence-corrected chi connectivity index (χ4v) is 3.30. The second-order valence-electron chi connectivity index (χ2n) is 5.91. The summed E-state index contributed by atoms with van der Waals surface area (Å²) in [6.07, 6.45) is 0. The summed E-state index contributed by atoms with van der Waals surface area (Å²) in [4.78, 5) is 0. The lowest BCUT2D eigenvalue weighted by atomic mass is 10.1. The summed E-state index contributed by atoms with van der Waals surface area (Å²) in [6.45, 7) is 0. The van der Waals surface area contributed by atoms with E-state index in [0.29, 0.717) is 5.02 Å². The average Bonchev–Trinajstić information content (AvgIpc) is 2.98. The SMILES string of the molecule is COc1ccc2c(c1)C(=NNc1cccc(Cl)c1)c1cc(OC)ccc1-2. The summed E-state index contributed by atoms with van der Waals surface area (Å²) in [5.74, 6) is 1.58.